The number of methoxy groups -OCH3 is 1. The van der Waals surface area contributed by atoms with Gasteiger partial charge in [-0.2, -0.15) is 0 Å². The molecule has 2 aromatic carbocycles. The number of rotatable bonds is 3. The van der Waals surface area contributed by atoms with Gasteiger partial charge in [-0.3, -0.25) is 0 Å². The number of ether oxygens (including phenoxy) is 2. The van der Waals surface area contributed by atoms with Crippen molar-refractivity contribution in [3.8, 4) is 5.75 Å². The SMILES string of the molecule is CCOC(=O)N1CCc2c(ccc3cc(OC)ccc23)C1CC. The lowest BCUT2D eigenvalue weighted by atomic mass is 9.87. The predicted octanol–water partition coefficient (Wildman–Crippen LogP) is 4.31. The zero-order valence-corrected chi connectivity index (χ0v) is 14.0. The third-order valence-corrected chi connectivity index (χ3v) is 4.60. The van der Waals surface area contributed by atoms with Gasteiger partial charge in [0.2, 0.25) is 0 Å². The van der Waals surface area contributed by atoms with E-state index in [2.05, 4.69) is 31.2 Å². The number of nitrogens with zero attached hydrogens (tertiary/aromatic N) is 1. The van der Waals surface area contributed by atoms with Gasteiger partial charge in [-0.1, -0.05) is 25.1 Å². The minimum Gasteiger partial charge on any atom is -0.497 e. The first-order valence-corrected chi connectivity index (χ1v) is 8.22. The first-order chi connectivity index (χ1) is 11.2. The van der Waals surface area contributed by atoms with E-state index in [-0.39, 0.29) is 12.1 Å². The molecule has 0 saturated carbocycles. The van der Waals surface area contributed by atoms with Crippen LogP contribution >= 0.6 is 0 Å². The van der Waals surface area contributed by atoms with Crippen LogP contribution in [-0.2, 0) is 11.2 Å². The molecule has 0 aliphatic carbocycles. The number of amides is 1. The summed E-state index contributed by atoms with van der Waals surface area (Å²) in [4.78, 5) is 14.1. The molecule has 122 valence electrons. The van der Waals surface area contributed by atoms with E-state index < -0.39 is 0 Å². The maximum Gasteiger partial charge on any atom is 0.410 e. The topological polar surface area (TPSA) is 38.8 Å². The third-order valence-electron chi connectivity index (χ3n) is 4.60. The van der Waals surface area contributed by atoms with E-state index in [1.54, 1.807) is 7.11 Å². The minimum atomic E-state index is -0.208. The number of hydrogen-bond donors (Lipinski definition) is 0. The second kappa shape index (κ2) is 6.49. The van der Waals surface area contributed by atoms with Crippen molar-refractivity contribution in [3.05, 3.63) is 41.5 Å². The Labute approximate surface area is 137 Å². The summed E-state index contributed by atoms with van der Waals surface area (Å²) in [5.74, 6) is 0.869. The molecule has 1 aliphatic rings. The van der Waals surface area contributed by atoms with Gasteiger partial charge >= 0.3 is 6.09 Å². The average molecular weight is 313 g/mol. The van der Waals surface area contributed by atoms with E-state index in [1.807, 2.05) is 17.9 Å². The lowest BCUT2D eigenvalue weighted by molar-refractivity contribution is 0.0857. The Balaban J connectivity index is 2.04. The van der Waals surface area contributed by atoms with Gasteiger partial charge in [-0.05, 0) is 53.8 Å². The van der Waals surface area contributed by atoms with Gasteiger partial charge in [0.05, 0.1) is 19.8 Å². The molecule has 4 heteroatoms. The zero-order chi connectivity index (χ0) is 16.4. The van der Waals surface area contributed by atoms with Crippen molar-refractivity contribution in [2.24, 2.45) is 0 Å². The second-order valence-corrected chi connectivity index (χ2v) is 5.79. The highest BCUT2D eigenvalue weighted by Gasteiger charge is 2.31. The van der Waals surface area contributed by atoms with Crippen molar-refractivity contribution < 1.29 is 14.3 Å². The van der Waals surface area contributed by atoms with Crippen LogP contribution in [0.3, 0.4) is 0 Å². The standard InChI is InChI=1S/C19H23NO3/c1-4-18-17-8-6-13-12-14(22-3)7-9-15(13)16(17)10-11-20(18)19(21)23-5-2/h6-9,12,18H,4-5,10-11H2,1-3H3. The maximum absolute atomic E-state index is 12.2. The van der Waals surface area contributed by atoms with E-state index in [1.165, 1.54) is 21.9 Å². The van der Waals surface area contributed by atoms with Crippen molar-refractivity contribution >= 4 is 16.9 Å². The van der Waals surface area contributed by atoms with Crippen molar-refractivity contribution in [3.63, 3.8) is 0 Å². The number of carbonyl (C=O) groups is 1. The highest BCUT2D eigenvalue weighted by atomic mass is 16.6. The van der Waals surface area contributed by atoms with Gasteiger partial charge in [-0.15, -0.1) is 0 Å². The van der Waals surface area contributed by atoms with Crippen LogP contribution in [0, 0.1) is 0 Å². The minimum absolute atomic E-state index is 0.0873. The van der Waals surface area contributed by atoms with Crippen LogP contribution in [0.5, 0.6) is 5.75 Å². The average Bonchev–Trinajstić information content (AvgIpc) is 2.59. The smallest absolute Gasteiger partial charge is 0.410 e. The van der Waals surface area contributed by atoms with E-state index in [0.717, 1.165) is 18.6 Å². The van der Waals surface area contributed by atoms with Crippen LogP contribution in [0.4, 0.5) is 4.79 Å². The van der Waals surface area contributed by atoms with Crippen LogP contribution in [-0.4, -0.2) is 31.3 Å². The Morgan fingerprint density at radius 2 is 2.09 bits per heavy atom. The van der Waals surface area contributed by atoms with E-state index in [9.17, 15) is 4.79 Å². The summed E-state index contributed by atoms with van der Waals surface area (Å²) in [5, 5.41) is 2.44. The molecule has 0 aromatic heterocycles. The van der Waals surface area contributed by atoms with E-state index in [4.69, 9.17) is 9.47 Å². The van der Waals surface area contributed by atoms with Crippen LogP contribution in [0.2, 0.25) is 0 Å². The molecule has 1 heterocycles. The van der Waals surface area contributed by atoms with Crippen LogP contribution in [0.15, 0.2) is 30.3 Å². The molecule has 1 atom stereocenters. The van der Waals surface area contributed by atoms with E-state index >= 15 is 0 Å². The molecule has 4 nitrogen and oxygen atoms in total. The molecule has 1 unspecified atom stereocenters. The van der Waals surface area contributed by atoms with Crippen molar-refractivity contribution in [1.29, 1.82) is 0 Å². The van der Waals surface area contributed by atoms with Crippen LogP contribution < -0.4 is 4.74 Å². The Morgan fingerprint density at radius 3 is 2.78 bits per heavy atom. The van der Waals surface area contributed by atoms with Gasteiger partial charge in [0.1, 0.15) is 5.75 Å². The van der Waals surface area contributed by atoms with Gasteiger partial charge in [0, 0.05) is 6.54 Å². The summed E-state index contributed by atoms with van der Waals surface area (Å²) in [5.41, 5.74) is 2.59. The summed E-state index contributed by atoms with van der Waals surface area (Å²) < 4.78 is 10.5. The number of benzene rings is 2. The molecule has 0 radical (unpaired) electrons. The first-order valence-electron chi connectivity index (χ1n) is 8.22. The van der Waals surface area contributed by atoms with Crippen molar-refractivity contribution in [2.75, 3.05) is 20.3 Å². The summed E-state index contributed by atoms with van der Waals surface area (Å²) in [6.45, 7) is 5.08. The Kier molecular flexibility index (Phi) is 4.42. The molecule has 0 spiro atoms. The molecule has 0 fully saturated rings. The Hall–Kier alpha value is -2.23. The summed E-state index contributed by atoms with van der Waals surface area (Å²) in [6, 6.07) is 10.5. The predicted molar refractivity (Wildman–Crippen MR) is 91.0 cm³/mol. The van der Waals surface area contributed by atoms with Gasteiger partial charge < -0.3 is 14.4 Å². The Morgan fingerprint density at radius 1 is 1.26 bits per heavy atom. The summed E-state index contributed by atoms with van der Waals surface area (Å²) in [6.07, 6.45) is 1.53. The molecule has 1 aliphatic heterocycles. The van der Waals surface area contributed by atoms with Gasteiger partial charge in [0.15, 0.2) is 0 Å². The van der Waals surface area contributed by atoms with Crippen molar-refractivity contribution in [1.82, 2.24) is 4.90 Å². The van der Waals surface area contributed by atoms with E-state index in [0.29, 0.717) is 13.2 Å². The number of hydrogen-bond acceptors (Lipinski definition) is 3. The molecular weight excluding hydrogens is 290 g/mol. The fraction of sp³-hybridized carbons (Fsp3) is 0.421. The first kappa shape index (κ1) is 15.7. The fourth-order valence-corrected chi connectivity index (χ4v) is 3.53. The lowest BCUT2D eigenvalue weighted by Crippen LogP contribution is -2.40. The highest BCUT2D eigenvalue weighted by Crippen LogP contribution is 2.37. The quantitative estimate of drug-likeness (QED) is 0.847. The number of fused-ring (bicyclic) bond motifs is 3. The van der Waals surface area contributed by atoms with Crippen LogP contribution in [0.1, 0.15) is 37.4 Å². The highest BCUT2D eigenvalue weighted by molar-refractivity contribution is 5.88. The molecule has 0 bridgehead atoms. The van der Waals surface area contributed by atoms with Crippen molar-refractivity contribution in [2.45, 2.75) is 32.7 Å². The molecule has 3 rings (SSSR count). The largest absolute Gasteiger partial charge is 0.497 e. The monoisotopic (exact) mass is 313 g/mol. The molecular formula is C19H23NO3. The third kappa shape index (κ3) is 2.74. The fourth-order valence-electron chi connectivity index (χ4n) is 3.53. The zero-order valence-electron chi connectivity index (χ0n) is 14.0. The lowest BCUT2D eigenvalue weighted by Gasteiger charge is -2.36. The van der Waals surface area contributed by atoms with Crippen LogP contribution in [0.25, 0.3) is 10.8 Å². The van der Waals surface area contributed by atoms with Gasteiger partial charge in [-0.25, -0.2) is 4.79 Å². The second-order valence-electron chi connectivity index (χ2n) is 5.79. The van der Waals surface area contributed by atoms with Gasteiger partial charge in [0.25, 0.3) is 0 Å². The molecule has 0 saturated heterocycles. The molecule has 23 heavy (non-hydrogen) atoms. The number of carbonyl (C=O) groups excluding carboxylic acids is 1. The molecule has 1 amide bonds. The molecule has 2 aromatic rings. The Bertz CT molecular complexity index is 726. The normalized spacial score (nSPS) is 17.0. The maximum atomic E-state index is 12.2. The summed E-state index contributed by atoms with van der Waals surface area (Å²) >= 11 is 0. The molecule has 0 N–H and O–H groups in total. The summed E-state index contributed by atoms with van der Waals surface area (Å²) in [7, 11) is 1.68.